The summed E-state index contributed by atoms with van der Waals surface area (Å²) in [6, 6.07) is 6.62. The van der Waals surface area contributed by atoms with Crippen LogP contribution in [0.3, 0.4) is 0 Å². The van der Waals surface area contributed by atoms with Crippen LogP contribution in [0.2, 0.25) is 0 Å². The van der Waals surface area contributed by atoms with E-state index in [1.165, 1.54) is 64.2 Å². The zero-order chi connectivity index (χ0) is 27.6. The van der Waals surface area contributed by atoms with E-state index in [2.05, 4.69) is 23.8 Å². The molecule has 38 heavy (non-hydrogen) atoms. The van der Waals surface area contributed by atoms with Gasteiger partial charge in [0.05, 0.1) is 34.7 Å². The lowest BCUT2D eigenvalue weighted by Crippen LogP contribution is -2.15. The van der Waals surface area contributed by atoms with Gasteiger partial charge < -0.3 is 9.47 Å². The van der Waals surface area contributed by atoms with E-state index >= 15 is 0 Å². The molecule has 0 saturated heterocycles. The second-order valence-electron chi connectivity index (χ2n) is 10.4. The number of rotatable bonds is 19. The summed E-state index contributed by atoms with van der Waals surface area (Å²) < 4.78 is 11.3. The number of unbranched alkanes of at least 4 members (excludes halogenated alkanes) is 10. The van der Waals surface area contributed by atoms with Gasteiger partial charge in [-0.2, -0.15) is 0 Å². The third kappa shape index (κ3) is 12.2. The molecular weight excluding hydrogens is 476 g/mol. The molecule has 2 unspecified atom stereocenters. The summed E-state index contributed by atoms with van der Waals surface area (Å²) >= 11 is 0. The molecule has 2 heterocycles. The van der Waals surface area contributed by atoms with Crippen molar-refractivity contribution in [2.45, 2.75) is 130 Å². The first-order chi connectivity index (χ1) is 18.4. The first-order valence-corrected chi connectivity index (χ1v) is 14.8. The molecular formula is C32H48N2O4. The van der Waals surface area contributed by atoms with E-state index in [-0.39, 0.29) is 24.1 Å². The minimum Gasteiger partial charge on any atom is -0.459 e. The molecule has 0 aromatic carbocycles. The third-order valence-corrected chi connectivity index (χ3v) is 6.80. The van der Waals surface area contributed by atoms with E-state index in [9.17, 15) is 9.59 Å². The van der Waals surface area contributed by atoms with Gasteiger partial charge in [0.25, 0.3) is 0 Å². The molecule has 0 radical (unpaired) electrons. The Kier molecular flexibility index (Phi) is 15.3. The van der Waals surface area contributed by atoms with Crippen molar-refractivity contribution in [3.8, 4) is 11.4 Å². The summed E-state index contributed by atoms with van der Waals surface area (Å²) in [6.07, 6.45) is 19.1. The minimum atomic E-state index is -0.369. The Morgan fingerprint density at radius 3 is 1.39 bits per heavy atom. The van der Waals surface area contributed by atoms with Crippen LogP contribution < -0.4 is 0 Å². The molecule has 210 valence electrons. The SMILES string of the molecule is CCCCCCCCC(C)OC(=O)c1ccnc(-c2cc(C(=O)OC(C)CCCCCCCC)ccn2)c1. The number of pyridine rings is 2. The molecule has 0 aliphatic carbocycles. The van der Waals surface area contributed by atoms with E-state index in [1.807, 2.05) is 13.8 Å². The molecule has 0 amide bonds. The Morgan fingerprint density at radius 1 is 0.632 bits per heavy atom. The first-order valence-electron chi connectivity index (χ1n) is 14.8. The van der Waals surface area contributed by atoms with Crippen molar-refractivity contribution >= 4 is 11.9 Å². The lowest BCUT2D eigenvalue weighted by atomic mass is 10.1. The summed E-state index contributed by atoms with van der Waals surface area (Å²) in [5.74, 6) is -0.738. The molecule has 0 aliphatic rings. The van der Waals surface area contributed by atoms with Gasteiger partial charge in [0, 0.05) is 12.4 Å². The Hall–Kier alpha value is -2.76. The number of nitrogens with zero attached hydrogens (tertiary/aromatic N) is 2. The number of hydrogen-bond donors (Lipinski definition) is 0. The van der Waals surface area contributed by atoms with Crippen LogP contribution in [0.1, 0.15) is 138 Å². The van der Waals surface area contributed by atoms with Gasteiger partial charge in [-0.25, -0.2) is 9.59 Å². The zero-order valence-electron chi connectivity index (χ0n) is 24.0. The molecule has 6 nitrogen and oxygen atoms in total. The van der Waals surface area contributed by atoms with Crippen LogP contribution in [0.5, 0.6) is 0 Å². The molecule has 2 atom stereocenters. The number of ether oxygens (including phenoxy) is 2. The maximum Gasteiger partial charge on any atom is 0.338 e. The summed E-state index contributed by atoms with van der Waals surface area (Å²) in [7, 11) is 0. The molecule has 6 heteroatoms. The number of carbonyl (C=O) groups excluding carboxylic acids is 2. The molecule has 0 N–H and O–H groups in total. The standard InChI is InChI=1S/C32H48N2O4/c1-5-7-9-11-13-15-17-25(3)37-31(35)27-19-21-33-29(23-27)30-24-28(20-22-34-30)32(36)38-26(4)18-16-14-12-10-8-6-2/h19-26H,5-18H2,1-4H3. The summed E-state index contributed by atoms with van der Waals surface area (Å²) in [6.45, 7) is 8.31. The fraction of sp³-hybridized carbons (Fsp3) is 0.625. The lowest BCUT2D eigenvalue weighted by molar-refractivity contribution is 0.0309. The Morgan fingerprint density at radius 2 is 1.00 bits per heavy atom. The van der Waals surface area contributed by atoms with E-state index in [1.54, 1.807) is 36.7 Å². The van der Waals surface area contributed by atoms with Crippen molar-refractivity contribution in [2.24, 2.45) is 0 Å². The van der Waals surface area contributed by atoms with Crippen LogP contribution in [0.15, 0.2) is 36.7 Å². The highest BCUT2D eigenvalue weighted by Crippen LogP contribution is 2.20. The Balaban J connectivity index is 1.88. The maximum atomic E-state index is 12.7. The average molecular weight is 525 g/mol. The Labute approximate surface area is 230 Å². The second-order valence-corrected chi connectivity index (χ2v) is 10.4. The van der Waals surface area contributed by atoms with Crippen LogP contribution in [-0.4, -0.2) is 34.1 Å². The maximum absolute atomic E-state index is 12.7. The fourth-order valence-electron chi connectivity index (χ4n) is 4.44. The van der Waals surface area contributed by atoms with Crippen molar-refractivity contribution in [1.82, 2.24) is 9.97 Å². The monoisotopic (exact) mass is 524 g/mol. The Bertz CT molecular complexity index is 884. The predicted molar refractivity (Wildman–Crippen MR) is 153 cm³/mol. The number of esters is 2. The van der Waals surface area contributed by atoms with Gasteiger partial charge in [-0.3, -0.25) is 9.97 Å². The van der Waals surface area contributed by atoms with Crippen molar-refractivity contribution in [3.05, 3.63) is 47.8 Å². The molecule has 0 aliphatic heterocycles. The molecule has 2 aromatic heterocycles. The zero-order valence-corrected chi connectivity index (χ0v) is 24.0. The smallest absolute Gasteiger partial charge is 0.338 e. The van der Waals surface area contributed by atoms with E-state index < -0.39 is 0 Å². The molecule has 0 spiro atoms. The lowest BCUT2D eigenvalue weighted by Gasteiger charge is -2.14. The number of aromatic nitrogens is 2. The predicted octanol–water partition coefficient (Wildman–Crippen LogP) is 8.74. The van der Waals surface area contributed by atoms with E-state index in [0.717, 1.165) is 25.7 Å². The van der Waals surface area contributed by atoms with Gasteiger partial charge in [0.1, 0.15) is 0 Å². The minimum absolute atomic E-state index is 0.139. The fourth-order valence-corrected chi connectivity index (χ4v) is 4.44. The summed E-state index contributed by atoms with van der Waals surface area (Å²) in [5, 5.41) is 0. The number of hydrogen-bond acceptors (Lipinski definition) is 6. The van der Waals surface area contributed by atoms with Crippen LogP contribution >= 0.6 is 0 Å². The topological polar surface area (TPSA) is 78.4 Å². The van der Waals surface area contributed by atoms with Crippen molar-refractivity contribution in [2.75, 3.05) is 0 Å². The van der Waals surface area contributed by atoms with Crippen LogP contribution in [0.4, 0.5) is 0 Å². The first kappa shape index (κ1) is 31.5. The largest absolute Gasteiger partial charge is 0.459 e. The van der Waals surface area contributed by atoms with Gasteiger partial charge in [0.15, 0.2) is 0 Å². The van der Waals surface area contributed by atoms with Gasteiger partial charge in [-0.15, -0.1) is 0 Å². The highest BCUT2D eigenvalue weighted by atomic mass is 16.5. The van der Waals surface area contributed by atoms with Crippen LogP contribution in [0, 0.1) is 0 Å². The van der Waals surface area contributed by atoms with Gasteiger partial charge >= 0.3 is 11.9 Å². The van der Waals surface area contributed by atoms with Gasteiger partial charge in [-0.1, -0.05) is 78.1 Å². The van der Waals surface area contributed by atoms with Crippen molar-refractivity contribution in [1.29, 1.82) is 0 Å². The molecule has 0 saturated carbocycles. The average Bonchev–Trinajstić information content (AvgIpc) is 2.92. The van der Waals surface area contributed by atoms with Gasteiger partial charge in [0.2, 0.25) is 0 Å². The quantitative estimate of drug-likeness (QED) is 0.135. The highest BCUT2D eigenvalue weighted by Gasteiger charge is 2.16. The van der Waals surface area contributed by atoms with E-state index in [4.69, 9.17) is 9.47 Å². The summed E-state index contributed by atoms with van der Waals surface area (Å²) in [5.41, 5.74) is 1.87. The number of carbonyl (C=O) groups is 2. The van der Waals surface area contributed by atoms with Crippen molar-refractivity contribution < 1.29 is 19.1 Å². The molecule has 0 bridgehead atoms. The van der Waals surface area contributed by atoms with Crippen LogP contribution in [-0.2, 0) is 9.47 Å². The molecule has 2 aromatic rings. The summed E-state index contributed by atoms with van der Waals surface area (Å²) in [4.78, 5) is 34.2. The normalized spacial score (nSPS) is 12.6. The van der Waals surface area contributed by atoms with Gasteiger partial charge in [-0.05, 0) is 63.8 Å². The second kappa shape index (κ2) is 18.5. The van der Waals surface area contributed by atoms with Crippen LogP contribution in [0.25, 0.3) is 11.4 Å². The third-order valence-electron chi connectivity index (χ3n) is 6.80. The van der Waals surface area contributed by atoms with E-state index in [0.29, 0.717) is 22.5 Å². The van der Waals surface area contributed by atoms with Crippen molar-refractivity contribution in [3.63, 3.8) is 0 Å². The molecule has 2 rings (SSSR count). The highest BCUT2D eigenvalue weighted by molar-refractivity contribution is 5.92. The molecule has 0 fully saturated rings.